The highest BCUT2D eigenvalue weighted by molar-refractivity contribution is 7.93. The Morgan fingerprint density at radius 2 is 1.09 bits per heavy atom. The van der Waals surface area contributed by atoms with E-state index in [9.17, 15) is 43.2 Å². The van der Waals surface area contributed by atoms with Gasteiger partial charge >= 0.3 is 19.0 Å². The maximum Gasteiger partial charge on any atom is 0.488 e. The number of benzene rings is 2. The highest BCUT2D eigenvalue weighted by Gasteiger charge is 2.69. The van der Waals surface area contributed by atoms with Crippen molar-refractivity contribution < 1.29 is 72.2 Å². The zero-order valence-electron chi connectivity index (χ0n) is 28.5. The lowest BCUT2D eigenvalue weighted by Crippen LogP contribution is -2.43. The van der Waals surface area contributed by atoms with E-state index < -0.39 is 74.7 Å². The fraction of sp³-hybridized carbons (Fsp3) is 0.375. The second-order valence-electron chi connectivity index (χ2n) is 12.8. The molecule has 2 saturated heterocycles. The molecule has 0 bridgehead atoms. The van der Waals surface area contributed by atoms with Crippen molar-refractivity contribution in [1.82, 2.24) is 0 Å². The van der Waals surface area contributed by atoms with Crippen LogP contribution in [0.15, 0.2) is 44.8 Å². The van der Waals surface area contributed by atoms with Gasteiger partial charge in [0.2, 0.25) is 0 Å². The Morgan fingerprint density at radius 3 is 1.54 bits per heavy atom. The summed E-state index contributed by atoms with van der Waals surface area (Å²) in [5.74, 6) is -12.7. The third kappa shape index (κ3) is 7.77. The van der Waals surface area contributed by atoms with Crippen molar-refractivity contribution in [2.45, 2.75) is 44.7 Å². The van der Waals surface area contributed by atoms with Crippen LogP contribution in [0.25, 0.3) is 10.4 Å². The van der Waals surface area contributed by atoms with E-state index >= 15 is 0 Å². The van der Waals surface area contributed by atoms with Crippen molar-refractivity contribution in [1.29, 1.82) is 0 Å². The number of halogens is 9. The van der Waals surface area contributed by atoms with Gasteiger partial charge < -0.3 is 29.0 Å². The Hall–Kier alpha value is -1.99. The van der Waals surface area contributed by atoms with Gasteiger partial charge in [-0.05, 0) is 58.6 Å². The Bertz CT molecular complexity index is 2380. The van der Waals surface area contributed by atoms with Crippen LogP contribution in [0.1, 0.15) is 22.3 Å². The Labute approximate surface area is 338 Å². The van der Waals surface area contributed by atoms with Crippen LogP contribution in [-0.2, 0) is 63.0 Å². The van der Waals surface area contributed by atoms with Crippen LogP contribution in [0.2, 0.25) is 14.4 Å². The fourth-order valence-corrected chi connectivity index (χ4v) is 12.4. The van der Waals surface area contributed by atoms with Gasteiger partial charge in [0.15, 0.2) is 19.7 Å². The molecule has 4 aliphatic rings. The van der Waals surface area contributed by atoms with Gasteiger partial charge in [-0.15, -0.1) is 22.7 Å². The monoisotopic (exact) mass is 928 g/mol. The first-order chi connectivity index (χ1) is 25.8. The molecule has 4 aromatic rings. The van der Waals surface area contributed by atoms with E-state index in [4.69, 9.17) is 63.8 Å². The van der Waals surface area contributed by atoms with Gasteiger partial charge in [-0.1, -0.05) is 34.8 Å². The minimum Gasteiger partial charge on any atom is -0.423 e. The lowest BCUT2D eigenvalue weighted by atomic mass is 9.80. The van der Waals surface area contributed by atoms with Crippen LogP contribution in [0.3, 0.4) is 0 Å². The molecule has 0 amide bonds. The third-order valence-electron chi connectivity index (χ3n) is 8.69. The zero-order valence-corrected chi connectivity index (χ0v) is 34.0. The van der Waals surface area contributed by atoms with E-state index in [1.54, 1.807) is 0 Å². The Kier molecular flexibility index (Phi) is 11.9. The molecule has 2 aromatic carbocycles. The van der Waals surface area contributed by atoms with Gasteiger partial charge in [0, 0.05) is 40.3 Å². The molecule has 304 valence electrons. The molecule has 8 rings (SSSR count). The third-order valence-corrected chi connectivity index (χ3v) is 15.5. The highest BCUT2D eigenvalue weighted by Crippen LogP contribution is 2.60. The molecule has 10 nitrogen and oxygen atoms in total. The van der Waals surface area contributed by atoms with E-state index in [1.165, 1.54) is 12.1 Å². The number of hydrogen-bond donors (Lipinski definition) is 2. The molecule has 4 heterocycles. The van der Waals surface area contributed by atoms with E-state index in [-0.39, 0.29) is 87.4 Å². The molecule has 0 atom stereocenters. The van der Waals surface area contributed by atoms with Gasteiger partial charge in [-0.2, -0.15) is 17.6 Å². The van der Waals surface area contributed by atoms with Gasteiger partial charge in [0.05, 0.1) is 41.9 Å². The summed E-state index contributed by atoms with van der Waals surface area (Å²) in [5, 5.41) is 17.4. The number of thiophene rings is 2. The van der Waals surface area contributed by atoms with E-state index in [0.717, 1.165) is 59.5 Å². The van der Waals surface area contributed by atoms with Gasteiger partial charge in [0.1, 0.15) is 20.1 Å². The number of ether oxygens (including phenoxy) is 4. The lowest BCUT2D eigenvalue weighted by Gasteiger charge is -2.29. The second-order valence-corrected chi connectivity index (χ2v) is 20.7. The van der Waals surface area contributed by atoms with Crippen LogP contribution < -0.4 is 5.46 Å². The van der Waals surface area contributed by atoms with E-state index in [2.05, 4.69) is 0 Å². The summed E-state index contributed by atoms with van der Waals surface area (Å²) >= 11 is 18.8. The van der Waals surface area contributed by atoms with Crippen LogP contribution in [-0.4, -0.2) is 84.8 Å². The summed E-state index contributed by atoms with van der Waals surface area (Å²) < 4.78 is 153. The zero-order chi connectivity index (χ0) is 41.4. The number of hydrogen-bond acceptors (Lipinski definition) is 12. The first kappa shape index (κ1) is 43.6. The van der Waals surface area contributed by atoms with Crippen molar-refractivity contribution in [3.63, 3.8) is 0 Å². The normalized spacial score (nSPS) is 19.7. The van der Waals surface area contributed by atoms with Crippen LogP contribution in [0, 0.1) is 11.6 Å². The van der Waals surface area contributed by atoms with Gasteiger partial charge in [-0.3, -0.25) is 0 Å². The average Bonchev–Trinajstić information content (AvgIpc) is 3.89. The van der Waals surface area contributed by atoms with Gasteiger partial charge in [-0.25, -0.2) is 25.6 Å². The molecule has 2 spiro atoms. The first-order valence-electron chi connectivity index (χ1n) is 15.8. The number of rotatable bonds is 4. The molecule has 2 aliphatic heterocycles. The summed E-state index contributed by atoms with van der Waals surface area (Å²) in [6.45, 7) is -0.165. The summed E-state index contributed by atoms with van der Waals surface area (Å²) in [6.07, 6.45) is 0.445. The van der Waals surface area contributed by atoms with Crippen LogP contribution in [0.5, 0.6) is 0 Å². The average molecular weight is 930 g/mol. The van der Waals surface area contributed by atoms with Crippen molar-refractivity contribution in [2.24, 2.45) is 0 Å². The molecule has 0 unspecified atom stereocenters. The molecule has 2 aromatic heterocycles. The lowest BCUT2D eigenvalue weighted by molar-refractivity contribution is -0.290. The molecule has 2 fully saturated rings. The smallest absolute Gasteiger partial charge is 0.423 e. The summed E-state index contributed by atoms with van der Waals surface area (Å²) in [6, 6.07) is 7.00. The van der Waals surface area contributed by atoms with Gasteiger partial charge in [0.25, 0.3) is 11.6 Å². The molecule has 2 N–H and O–H groups in total. The summed E-state index contributed by atoms with van der Waals surface area (Å²) in [7, 11) is -9.21. The maximum atomic E-state index is 14.8. The Balaban J connectivity index is 0.000000155. The second kappa shape index (κ2) is 15.2. The van der Waals surface area contributed by atoms with E-state index in [0.29, 0.717) is 0 Å². The molecule has 0 radical (unpaired) electrons. The van der Waals surface area contributed by atoms with Crippen molar-refractivity contribution in [3.8, 4) is 10.4 Å². The predicted octanol–water partition coefficient (Wildman–Crippen LogP) is 6.36. The largest absolute Gasteiger partial charge is 0.488 e. The minimum atomic E-state index is -3.85. The minimum absolute atomic E-state index is 0.00824. The van der Waals surface area contributed by atoms with Crippen LogP contribution in [0.4, 0.5) is 26.3 Å². The topological polar surface area (TPSA) is 146 Å². The SMILES string of the molecule is CS(=O)(=O)c1sc(-c2cc(F)cc(Cl)c2)c2c1C1(OCCO1)C(F)(F)C2.CS(=O)(=O)c1sc(Cl)c2c1C1(OCCO1)C(F)(F)C2.OB(O)c1cc(F)cc(Cl)c1. The standard InChI is InChI=1S/C16H12ClF3O4S2.C10H9ClF2O4S2.C6H5BClFO2/c1-26(21,22)14-12-11(7-15(19,20)16(12)23-2-3-24-16)13(25-14)8-4-9(17)6-10(18)5-8;1-19(14,15)8-6-5(7(11)18-8)4-9(12,13)10(6)16-2-3-17-10;8-5-1-4(7(10)11)2-6(9)3-5/h4-6H,2-3,7H2,1H3;2-4H2,1H3;1-3,10-11H. The summed E-state index contributed by atoms with van der Waals surface area (Å²) in [5.41, 5.74) is 0.186. The predicted molar refractivity (Wildman–Crippen MR) is 196 cm³/mol. The van der Waals surface area contributed by atoms with Crippen molar-refractivity contribution >= 4 is 89.7 Å². The molecule has 24 heteroatoms. The van der Waals surface area contributed by atoms with Crippen molar-refractivity contribution in [3.05, 3.63) is 84.7 Å². The molecule has 0 saturated carbocycles. The molecule has 2 aliphatic carbocycles. The quantitative estimate of drug-likeness (QED) is 0.175. The molecule has 56 heavy (non-hydrogen) atoms. The molecular formula is C32H26BCl3F6O10S4. The number of alkyl halides is 4. The van der Waals surface area contributed by atoms with E-state index in [1.807, 2.05) is 0 Å². The maximum absolute atomic E-state index is 14.8. The fourth-order valence-electron chi connectivity index (χ4n) is 6.59. The molecular weight excluding hydrogens is 904 g/mol. The summed E-state index contributed by atoms with van der Waals surface area (Å²) in [4.78, 5) is 0.220. The Morgan fingerprint density at radius 1 is 0.661 bits per heavy atom. The van der Waals surface area contributed by atoms with Crippen LogP contribution >= 0.6 is 57.5 Å². The van der Waals surface area contributed by atoms with Crippen molar-refractivity contribution in [2.75, 3.05) is 38.9 Å². The highest BCUT2D eigenvalue weighted by atomic mass is 35.5. The number of fused-ring (bicyclic) bond motifs is 4. The first-order valence-corrected chi connectivity index (χ1v) is 22.4. The number of sulfone groups is 2.